The second-order valence-corrected chi connectivity index (χ2v) is 13.7. The van der Waals surface area contributed by atoms with Gasteiger partial charge in [-0.15, -0.1) is 0 Å². The lowest BCUT2D eigenvalue weighted by molar-refractivity contribution is 0.0773. The minimum atomic E-state index is -4.02. The van der Waals surface area contributed by atoms with Gasteiger partial charge in [0.05, 0.1) is 13.2 Å². The number of nitrogens with zero attached hydrogens (tertiary/aromatic N) is 4. The Kier molecular flexibility index (Phi) is 9.52. The maximum absolute atomic E-state index is 13.1. The molecule has 45 heavy (non-hydrogen) atoms. The number of nitrogens with one attached hydrogen (secondary N) is 1. The van der Waals surface area contributed by atoms with Crippen LogP contribution in [-0.2, 0) is 28.7 Å². The van der Waals surface area contributed by atoms with Gasteiger partial charge in [-0.1, -0.05) is 36.4 Å². The van der Waals surface area contributed by atoms with Gasteiger partial charge >= 0.3 is 10.3 Å². The third-order valence-corrected chi connectivity index (χ3v) is 10.0. The lowest BCUT2D eigenvalue weighted by atomic mass is 9.83. The first-order valence-corrected chi connectivity index (χ1v) is 16.7. The second-order valence-electron chi connectivity index (χ2n) is 11.9. The van der Waals surface area contributed by atoms with Gasteiger partial charge in [0.25, 0.3) is 5.91 Å². The molecule has 10 nitrogen and oxygen atoms in total. The van der Waals surface area contributed by atoms with E-state index in [0.29, 0.717) is 30.9 Å². The van der Waals surface area contributed by atoms with Crippen molar-refractivity contribution in [1.82, 2.24) is 24.1 Å². The van der Waals surface area contributed by atoms with E-state index in [9.17, 15) is 13.2 Å². The summed E-state index contributed by atoms with van der Waals surface area (Å²) >= 11 is 0. The Hall–Kier alpha value is -3.93. The molecule has 2 atom stereocenters. The lowest BCUT2D eigenvalue weighted by Crippen LogP contribution is -2.36. The van der Waals surface area contributed by atoms with E-state index in [4.69, 9.17) is 13.9 Å². The summed E-state index contributed by atoms with van der Waals surface area (Å²) in [6.07, 6.45) is 11.9. The molecule has 1 aromatic heterocycles. The van der Waals surface area contributed by atoms with Crippen molar-refractivity contribution in [2.75, 3.05) is 40.8 Å². The van der Waals surface area contributed by atoms with Gasteiger partial charge < -0.3 is 18.8 Å². The summed E-state index contributed by atoms with van der Waals surface area (Å²) in [6, 6.07) is 11.1. The number of amides is 1. The topological polar surface area (TPSA) is 108 Å². The number of carbonyl (C=O) groups is 1. The molecule has 1 amide bonds. The number of imidazole rings is 1. The predicted octanol–water partition coefficient (Wildman–Crippen LogP) is 5.01. The summed E-state index contributed by atoms with van der Waals surface area (Å²) in [5.74, 6) is 1.39. The van der Waals surface area contributed by atoms with Crippen molar-refractivity contribution >= 4 is 16.2 Å². The number of rotatable bonds is 11. The van der Waals surface area contributed by atoms with Crippen molar-refractivity contribution in [2.45, 2.75) is 51.6 Å². The molecule has 0 saturated heterocycles. The second kappa shape index (κ2) is 13.2. The van der Waals surface area contributed by atoms with Crippen molar-refractivity contribution in [3.05, 3.63) is 101 Å². The van der Waals surface area contributed by atoms with Crippen LogP contribution in [0.2, 0.25) is 0 Å². The van der Waals surface area contributed by atoms with Gasteiger partial charge in [-0.2, -0.15) is 12.7 Å². The smallest absolute Gasteiger partial charge is 0.384 e. The predicted molar refractivity (Wildman–Crippen MR) is 175 cm³/mol. The first-order valence-electron chi connectivity index (χ1n) is 15.3. The fraction of sp³-hybridized carbons (Fsp3) is 0.412. The van der Waals surface area contributed by atoms with Crippen LogP contribution in [0.5, 0.6) is 11.5 Å². The molecule has 1 aliphatic carbocycles. The Morgan fingerprint density at radius 2 is 1.84 bits per heavy atom. The third-order valence-electron chi connectivity index (χ3n) is 8.72. The molecule has 2 aromatic carbocycles. The van der Waals surface area contributed by atoms with Gasteiger partial charge in [-0.05, 0) is 74.6 Å². The highest BCUT2D eigenvalue weighted by Gasteiger charge is 2.33. The summed E-state index contributed by atoms with van der Waals surface area (Å²) in [5, 5.41) is 0. The Morgan fingerprint density at radius 3 is 2.47 bits per heavy atom. The van der Waals surface area contributed by atoms with Crippen molar-refractivity contribution in [3.63, 3.8) is 0 Å². The molecule has 2 unspecified atom stereocenters. The van der Waals surface area contributed by atoms with E-state index in [2.05, 4.69) is 41.1 Å². The molecule has 11 heteroatoms. The molecule has 5 rings (SSSR count). The third kappa shape index (κ3) is 6.70. The quantitative estimate of drug-likeness (QED) is 0.317. The van der Waals surface area contributed by atoms with E-state index < -0.39 is 10.3 Å². The molecule has 0 radical (unpaired) electrons. The van der Waals surface area contributed by atoms with Gasteiger partial charge in [-0.3, -0.25) is 9.69 Å². The van der Waals surface area contributed by atoms with E-state index in [1.807, 2.05) is 50.4 Å². The number of benzene rings is 2. The van der Waals surface area contributed by atoms with Gasteiger partial charge in [0, 0.05) is 63.1 Å². The van der Waals surface area contributed by atoms with Crippen LogP contribution in [0.3, 0.4) is 0 Å². The minimum Gasteiger partial charge on any atom is -0.493 e. The molecule has 3 aromatic rings. The molecule has 0 fully saturated rings. The van der Waals surface area contributed by atoms with E-state index in [1.54, 1.807) is 11.0 Å². The number of aromatic amines is 1. The van der Waals surface area contributed by atoms with E-state index in [-0.39, 0.29) is 23.1 Å². The summed E-state index contributed by atoms with van der Waals surface area (Å²) in [5.41, 5.74) is 4.35. The van der Waals surface area contributed by atoms with E-state index in [1.165, 1.54) is 21.2 Å². The number of H-pyrrole nitrogens is 1. The van der Waals surface area contributed by atoms with Crippen LogP contribution in [0.4, 0.5) is 0 Å². The van der Waals surface area contributed by atoms with Crippen LogP contribution in [0.25, 0.3) is 0 Å². The van der Waals surface area contributed by atoms with Crippen LogP contribution in [0, 0.1) is 0 Å². The monoisotopic (exact) mass is 633 g/mol. The minimum absolute atomic E-state index is 0.00754. The van der Waals surface area contributed by atoms with Gasteiger partial charge in [0.15, 0.2) is 11.5 Å². The molecule has 1 N–H and O–H groups in total. The maximum atomic E-state index is 13.1. The number of ether oxygens (including phenoxy) is 1. The molecular weight excluding hydrogens is 590 g/mol. The van der Waals surface area contributed by atoms with Gasteiger partial charge in [-0.25, -0.2) is 4.98 Å². The summed E-state index contributed by atoms with van der Waals surface area (Å²) < 4.78 is 37.6. The molecule has 240 valence electrons. The summed E-state index contributed by atoms with van der Waals surface area (Å²) in [4.78, 5) is 25.5. The summed E-state index contributed by atoms with van der Waals surface area (Å²) in [7, 11) is 0.322. The average molecular weight is 634 g/mol. The largest absolute Gasteiger partial charge is 0.493 e. The number of carbonyl (C=O) groups excluding carboxylic acids is 1. The van der Waals surface area contributed by atoms with Crippen LogP contribution in [0.1, 0.15) is 71.8 Å². The first-order chi connectivity index (χ1) is 21.5. The zero-order chi connectivity index (χ0) is 32.4. The van der Waals surface area contributed by atoms with Gasteiger partial charge in [0.1, 0.15) is 5.82 Å². The lowest BCUT2D eigenvalue weighted by Gasteiger charge is -2.38. The highest BCUT2D eigenvalue weighted by atomic mass is 32.2. The Morgan fingerprint density at radius 1 is 1.11 bits per heavy atom. The van der Waals surface area contributed by atoms with Crippen molar-refractivity contribution in [2.24, 2.45) is 0 Å². The molecule has 0 spiro atoms. The molecule has 0 bridgehead atoms. The average Bonchev–Trinajstić information content (AvgIpc) is 3.51. The van der Waals surface area contributed by atoms with E-state index in [0.717, 1.165) is 51.9 Å². The number of allylic oxidation sites excluding steroid dienone is 4. The molecule has 1 aliphatic heterocycles. The Bertz CT molecular complexity index is 1690. The fourth-order valence-electron chi connectivity index (χ4n) is 6.00. The van der Waals surface area contributed by atoms with Crippen molar-refractivity contribution in [1.29, 1.82) is 0 Å². The van der Waals surface area contributed by atoms with Crippen molar-refractivity contribution in [3.8, 4) is 11.5 Å². The molecule has 2 aliphatic rings. The summed E-state index contributed by atoms with van der Waals surface area (Å²) in [6.45, 7) is 8.72. The number of methoxy groups -OCH3 is 1. The molecular formula is C34H43N5O5S. The Labute approximate surface area is 266 Å². The highest BCUT2D eigenvalue weighted by molar-refractivity contribution is 7.84. The standard InChI is InChI=1S/C34H43N5O5S/c1-7-38(8-2)32(40)25-14-12-24(13-15-25)31-28-21-30(44-45(41,42)37(4)5)29(43-6)20-26(28)16-19-39(31)23-27-22-35-33(36-27)34(3)17-10-9-11-18-34/h9-15,17,20-22,31H,7-8,16,18-19,23H2,1-6H3,(H,35,36). The zero-order valence-electron chi connectivity index (χ0n) is 26.9. The van der Waals surface area contributed by atoms with E-state index >= 15 is 0 Å². The number of hydrogen-bond acceptors (Lipinski definition) is 7. The number of aromatic nitrogens is 2. The Balaban J connectivity index is 1.55. The first kappa shape index (κ1) is 32.5. The molecule has 0 saturated carbocycles. The normalized spacial score (nSPS) is 19.8. The number of fused-ring (bicyclic) bond motifs is 1. The zero-order valence-corrected chi connectivity index (χ0v) is 27.7. The van der Waals surface area contributed by atoms with Crippen LogP contribution in [-0.4, -0.2) is 79.2 Å². The fourth-order valence-corrected chi connectivity index (χ4v) is 6.51. The molecule has 2 heterocycles. The number of hydrogen-bond donors (Lipinski definition) is 1. The van der Waals surface area contributed by atoms with Crippen molar-refractivity contribution < 1.29 is 22.1 Å². The van der Waals surface area contributed by atoms with Gasteiger partial charge in [0.2, 0.25) is 0 Å². The SMILES string of the molecule is CCN(CC)C(=O)c1ccc(C2c3cc(OS(=O)(=O)N(C)C)c(OC)cc3CCN2Cc2cnc(C3(C)C=CC=CC3)[nH]2)cc1. The maximum Gasteiger partial charge on any atom is 0.384 e. The van der Waals surface area contributed by atoms with Crippen LogP contribution < -0.4 is 8.92 Å². The highest BCUT2D eigenvalue weighted by Crippen LogP contribution is 2.42. The van der Waals surface area contributed by atoms with Crippen LogP contribution >= 0.6 is 0 Å². The van der Waals surface area contributed by atoms with Crippen LogP contribution in [0.15, 0.2) is 66.9 Å².